The van der Waals surface area contributed by atoms with E-state index in [1.54, 1.807) is 11.8 Å². The Kier molecular flexibility index (Phi) is 4.48. The van der Waals surface area contributed by atoms with E-state index < -0.39 is 10.8 Å². The lowest BCUT2D eigenvalue weighted by Gasteiger charge is -2.05. The largest absolute Gasteiger partial charge is 0.480 e. The maximum atomic E-state index is 10.6. The number of hydrogen-bond acceptors (Lipinski definition) is 2. The molecule has 0 amide bonds. The maximum absolute atomic E-state index is 10.6. The van der Waals surface area contributed by atoms with Crippen molar-refractivity contribution in [3.05, 3.63) is 29.8 Å². The summed E-state index contributed by atoms with van der Waals surface area (Å²) in [5.74, 6) is -0.820. The van der Waals surface area contributed by atoms with Crippen molar-refractivity contribution in [1.82, 2.24) is 0 Å². The normalized spacial score (nSPS) is 12.4. The van der Waals surface area contributed by atoms with Crippen LogP contribution in [0.25, 0.3) is 0 Å². The Morgan fingerprint density at radius 3 is 2.93 bits per heavy atom. The van der Waals surface area contributed by atoms with E-state index in [1.807, 2.05) is 30.5 Å². The van der Waals surface area contributed by atoms with Crippen LogP contribution >= 0.6 is 27.7 Å². The molecular formula is C10H11BrO2S. The number of benzene rings is 1. The van der Waals surface area contributed by atoms with Crippen LogP contribution in [0.4, 0.5) is 0 Å². The van der Waals surface area contributed by atoms with Gasteiger partial charge in [0.15, 0.2) is 0 Å². The topological polar surface area (TPSA) is 37.3 Å². The van der Waals surface area contributed by atoms with Crippen LogP contribution in [-0.2, 0) is 11.2 Å². The molecule has 0 heterocycles. The van der Waals surface area contributed by atoms with Gasteiger partial charge in [-0.3, -0.25) is 4.79 Å². The number of aliphatic carboxylic acids is 1. The van der Waals surface area contributed by atoms with Crippen molar-refractivity contribution in [2.75, 3.05) is 6.26 Å². The average molecular weight is 275 g/mol. The third-order valence-corrected chi connectivity index (χ3v) is 3.26. The summed E-state index contributed by atoms with van der Waals surface area (Å²) in [5.41, 5.74) is 1.04. The van der Waals surface area contributed by atoms with Crippen molar-refractivity contribution in [2.24, 2.45) is 0 Å². The molecule has 0 spiro atoms. The van der Waals surface area contributed by atoms with E-state index in [0.29, 0.717) is 6.42 Å². The molecule has 1 N–H and O–H groups in total. The van der Waals surface area contributed by atoms with Gasteiger partial charge in [-0.15, -0.1) is 11.8 Å². The van der Waals surface area contributed by atoms with Gasteiger partial charge in [0.2, 0.25) is 0 Å². The van der Waals surface area contributed by atoms with Gasteiger partial charge in [0.1, 0.15) is 4.83 Å². The first-order valence-electron chi connectivity index (χ1n) is 4.13. The van der Waals surface area contributed by atoms with Crippen molar-refractivity contribution in [3.63, 3.8) is 0 Å². The van der Waals surface area contributed by atoms with Gasteiger partial charge in [-0.1, -0.05) is 28.1 Å². The quantitative estimate of drug-likeness (QED) is 0.678. The van der Waals surface area contributed by atoms with E-state index in [2.05, 4.69) is 15.9 Å². The fraction of sp³-hybridized carbons (Fsp3) is 0.300. The van der Waals surface area contributed by atoms with Gasteiger partial charge < -0.3 is 5.11 Å². The van der Waals surface area contributed by atoms with E-state index in [0.717, 1.165) is 10.5 Å². The minimum absolute atomic E-state index is 0.500. The molecule has 1 atom stereocenters. The van der Waals surface area contributed by atoms with E-state index in [4.69, 9.17) is 5.11 Å². The lowest BCUT2D eigenvalue weighted by Crippen LogP contribution is -2.15. The molecule has 14 heavy (non-hydrogen) atoms. The Morgan fingerprint density at radius 2 is 2.36 bits per heavy atom. The molecule has 76 valence electrons. The zero-order chi connectivity index (χ0) is 10.6. The second-order valence-electron chi connectivity index (χ2n) is 2.86. The molecule has 0 aliphatic rings. The van der Waals surface area contributed by atoms with Crippen LogP contribution < -0.4 is 0 Å². The van der Waals surface area contributed by atoms with E-state index in [1.165, 1.54) is 0 Å². The molecule has 0 fully saturated rings. The Labute approximate surface area is 95.8 Å². The second-order valence-corrected chi connectivity index (χ2v) is 4.85. The van der Waals surface area contributed by atoms with Crippen LogP contribution in [0.2, 0.25) is 0 Å². The average Bonchev–Trinajstić information content (AvgIpc) is 2.18. The smallest absolute Gasteiger partial charge is 0.317 e. The van der Waals surface area contributed by atoms with Crippen molar-refractivity contribution < 1.29 is 9.90 Å². The summed E-state index contributed by atoms with van der Waals surface area (Å²) in [7, 11) is 0. The Hall–Kier alpha value is -0.480. The first-order chi connectivity index (χ1) is 6.63. The molecule has 0 saturated carbocycles. The highest BCUT2D eigenvalue weighted by molar-refractivity contribution is 9.10. The van der Waals surface area contributed by atoms with Gasteiger partial charge in [0.25, 0.3) is 0 Å². The number of carboxylic acids is 1. The molecule has 0 aromatic heterocycles. The number of thioether (sulfide) groups is 1. The SMILES string of the molecule is CSc1cccc(CC(Br)C(=O)O)c1. The Morgan fingerprint density at radius 1 is 1.64 bits per heavy atom. The fourth-order valence-corrected chi connectivity index (χ4v) is 1.95. The zero-order valence-corrected chi connectivity index (χ0v) is 10.1. The summed E-state index contributed by atoms with van der Waals surface area (Å²) in [6, 6.07) is 7.92. The lowest BCUT2D eigenvalue weighted by atomic mass is 10.1. The van der Waals surface area contributed by atoms with Crippen LogP contribution in [0, 0.1) is 0 Å². The van der Waals surface area contributed by atoms with Crippen LogP contribution in [-0.4, -0.2) is 22.2 Å². The van der Waals surface area contributed by atoms with E-state index in [9.17, 15) is 4.79 Å². The number of halogens is 1. The van der Waals surface area contributed by atoms with Crippen LogP contribution in [0.5, 0.6) is 0 Å². The van der Waals surface area contributed by atoms with Crippen LogP contribution in [0.1, 0.15) is 5.56 Å². The maximum Gasteiger partial charge on any atom is 0.317 e. The summed E-state index contributed by atoms with van der Waals surface area (Å²) < 4.78 is 0. The lowest BCUT2D eigenvalue weighted by molar-refractivity contribution is -0.136. The summed E-state index contributed by atoms with van der Waals surface area (Å²) in [4.78, 5) is 11.3. The third-order valence-electron chi connectivity index (χ3n) is 1.82. The molecule has 1 rings (SSSR count). The number of carboxylic acid groups (broad SMARTS) is 1. The monoisotopic (exact) mass is 274 g/mol. The predicted molar refractivity (Wildman–Crippen MR) is 62.3 cm³/mol. The summed E-state index contributed by atoms with van der Waals surface area (Å²) in [5, 5.41) is 8.72. The molecule has 0 radical (unpaired) electrons. The van der Waals surface area contributed by atoms with Gasteiger partial charge in [0, 0.05) is 4.90 Å². The molecule has 0 saturated heterocycles. The molecule has 2 nitrogen and oxygen atoms in total. The molecule has 1 unspecified atom stereocenters. The number of rotatable bonds is 4. The molecule has 0 bridgehead atoms. The van der Waals surface area contributed by atoms with Gasteiger partial charge in [-0.05, 0) is 30.4 Å². The molecule has 1 aromatic rings. The zero-order valence-electron chi connectivity index (χ0n) is 7.74. The van der Waals surface area contributed by atoms with Crippen molar-refractivity contribution in [2.45, 2.75) is 16.1 Å². The predicted octanol–water partition coefficient (Wildman–Crippen LogP) is 2.80. The second kappa shape index (κ2) is 5.41. The highest BCUT2D eigenvalue weighted by Crippen LogP contribution is 2.18. The number of carbonyl (C=O) groups is 1. The molecule has 4 heteroatoms. The van der Waals surface area contributed by atoms with E-state index >= 15 is 0 Å². The number of hydrogen-bond donors (Lipinski definition) is 1. The minimum Gasteiger partial charge on any atom is -0.480 e. The Bertz CT molecular complexity index is 328. The van der Waals surface area contributed by atoms with Crippen molar-refractivity contribution in [3.8, 4) is 0 Å². The third kappa shape index (κ3) is 3.35. The van der Waals surface area contributed by atoms with Gasteiger partial charge >= 0.3 is 5.97 Å². The van der Waals surface area contributed by atoms with Crippen molar-refractivity contribution >= 4 is 33.7 Å². The molecule has 0 aliphatic heterocycles. The summed E-state index contributed by atoms with van der Waals surface area (Å²) in [6.45, 7) is 0. The number of alkyl halides is 1. The van der Waals surface area contributed by atoms with Gasteiger partial charge in [0.05, 0.1) is 0 Å². The highest BCUT2D eigenvalue weighted by Gasteiger charge is 2.13. The van der Waals surface area contributed by atoms with Gasteiger partial charge in [-0.25, -0.2) is 0 Å². The summed E-state index contributed by atoms with van der Waals surface area (Å²) >= 11 is 4.77. The van der Waals surface area contributed by atoms with Crippen LogP contribution in [0.3, 0.4) is 0 Å². The molecule has 0 aliphatic carbocycles. The fourth-order valence-electron chi connectivity index (χ4n) is 1.09. The minimum atomic E-state index is -0.820. The van der Waals surface area contributed by atoms with Crippen molar-refractivity contribution in [1.29, 1.82) is 0 Å². The van der Waals surface area contributed by atoms with Crippen LogP contribution in [0.15, 0.2) is 29.2 Å². The standard InChI is InChI=1S/C10H11BrO2S/c1-14-8-4-2-3-7(5-8)6-9(11)10(12)13/h2-5,9H,6H2,1H3,(H,12,13). The first kappa shape index (κ1) is 11.6. The molecule has 1 aromatic carbocycles. The first-order valence-corrected chi connectivity index (χ1v) is 6.27. The highest BCUT2D eigenvalue weighted by atomic mass is 79.9. The Balaban J connectivity index is 2.71. The summed E-state index contributed by atoms with van der Waals surface area (Å²) in [6.07, 6.45) is 2.52. The molecular weight excluding hydrogens is 264 g/mol. The van der Waals surface area contributed by atoms with Gasteiger partial charge in [-0.2, -0.15) is 0 Å². The van der Waals surface area contributed by atoms with E-state index in [-0.39, 0.29) is 0 Å².